The first-order valence-electron chi connectivity index (χ1n) is 6.47. The Labute approximate surface area is 135 Å². The van der Waals surface area contributed by atoms with Gasteiger partial charge in [-0.25, -0.2) is 9.67 Å². The molecule has 6 heteroatoms. The molecule has 4 nitrogen and oxygen atoms in total. The molecular formula is C14H17Br2N3O. The van der Waals surface area contributed by atoms with Crippen molar-refractivity contribution in [3.63, 3.8) is 0 Å². The van der Waals surface area contributed by atoms with Crippen molar-refractivity contribution in [2.45, 2.75) is 32.9 Å². The lowest BCUT2D eigenvalue weighted by atomic mass is 10.1. The first kappa shape index (κ1) is 15.7. The summed E-state index contributed by atoms with van der Waals surface area (Å²) in [7, 11) is 0. The highest BCUT2D eigenvalue weighted by atomic mass is 79.9. The largest absolute Gasteiger partial charge is 0.388 e. The van der Waals surface area contributed by atoms with Crippen molar-refractivity contribution in [2.75, 3.05) is 0 Å². The molecule has 2 aromatic rings. The monoisotopic (exact) mass is 401 g/mol. The van der Waals surface area contributed by atoms with Gasteiger partial charge < -0.3 is 5.11 Å². The second-order valence-corrected chi connectivity index (χ2v) is 6.91. The number of rotatable bonds is 5. The van der Waals surface area contributed by atoms with Gasteiger partial charge in [-0.3, -0.25) is 0 Å². The number of aliphatic hydroxyl groups excluding tert-OH is 1. The molecule has 0 saturated heterocycles. The Balaban J connectivity index is 2.17. The summed E-state index contributed by atoms with van der Waals surface area (Å²) < 4.78 is 3.70. The highest BCUT2D eigenvalue weighted by molar-refractivity contribution is 9.11. The van der Waals surface area contributed by atoms with Crippen LogP contribution < -0.4 is 0 Å². The van der Waals surface area contributed by atoms with E-state index in [1.807, 2.05) is 22.9 Å². The third kappa shape index (κ3) is 3.90. The van der Waals surface area contributed by atoms with Gasteiger partial charge in [-0.1, -0.05) is 45.7 Å². The molecule has 1 aromatic carbocycles. The molecule has 0 fully saturated rings. The van der Waals surface area contributed by atoms with Crippen LogP contribution in [0.5, 0.6) is 0 Å². The molecule has 1 atom stereocenters. The zero-order valence-electron chi connectivity index (χ0n) is 11.4. The number of aromatic nitrogens is 3. The van der Waals surface area contributed by atoms with E-state index >= 15 is 0 Å². The second-order valence-electron chi connectivity index (χ2n) is 5.14. The van der Waals surface area contributed by atoms with E-state index in [0.29, 0.717) is 12.3 Å². The van der Waals surface area contributed by atoms with Crippen molar-refractivity contribution in [3.8, 4) is 0 Å². The van der Waals surface area contributed by atoms with Crippen molar-refractivity contribution < 1.29 is 5.11 Å². The summed E-state index contributed by atoms with van der Waals surface area (Å²) in [5.74, 6) is 1.29. The van der Waals surface area contributed by atoms with Gasteiger partial charge in [0.1, 0.15) is 12.2 Å². The molecule has 20 heavy (non-hydrogen) atoms. The Bertz CT molecular complexity index is 584. The maximum absolute atomic E-state index is 10.4. The van der Waals surface area contributed by atoms with Crippen LogP contribution in [0.15, 0.2) is 33.5 Å². The van der Waals surface area contributed by atoms with Gasteiger partial charge in [0.05, 0.1) is 6.10 Å². The molecule has 0 bridgehead atoms. The van der Waals surface area contributed by atoms with Crippen molar-refractivity contribution >= 4 is 31.9 Å². The van der Waals surface area contributed by atoms with Crippen LogP contribution in [-0.4, -0.2) is 19.9 Å². The van der Waals surface area contributed by atoms with Gasteiger partial charge in [0.2, 0.25) is 0 Å². The average Bonchev–Trinajstić information content (AvgIpc) is 2.78. The molecule has 0 saturated carbocycles. The van der Waals surface area contributed by atoms with E-state index in [2.05, 4.69) is 55.8 Å². The Morgan fingerprint density at radius 2 is 2.05 bits per heavy atom. The van der Waals surface area contributed by atoms with E-state index in [9.17, 15) is 5.11 Å². The zero-order chi connectivity index (χ0) is 14.7. The molecule has 1 unspecified atom stereocenters. The van der Waals surface area contributed by atoms with Gasteiger partial charge in [-0.2, -0.15) is 5.10 Å². The fourth-order valence-corrected chi connectivity index (χ4v) is 2.89. The predicted octanol–water partition coefficient (Wildman–Crippen LogP) is 3.74. The summed E-state index contributed by atoms with van der Waals surface area (Å²) in [4.78, 5) is 4.25. The Morgan fingerprint density at radius 1 is 1.30 bits per heavy atom. The smallest absolute Gasteiger partial charge is 0.138 e. The van der Waals surface area contributed by atoms with Crippen molar-refractivity contribution in [3.05, 3.63) is 44.9 Å². The number of hydrogen-bond acceptors (Lipinski definition) is 3. The minimum Gasteiger partial charge on any atom is -0.388 e. The third-order valence-electron chi connectivity index (χ3n) is 2.93. The summed E-state index contributed by atoms with van der Waals surface area (Å²) >= 11 is 6.89. The van der Waals surface area contributed by atoms with Crippen LogP contribution in [0.25, 0.3) is 0 Å². The molecule has 0 amide bonds. The highest BCUT2D eigenvalue weighted by Crippen LogP contribution is 2.28. The number of aliphatic hydroxyl groups is 1. The van der Waals surface area contributed by atoms with Crippen LogP contribution in [0.2, 0.25) is 0 Å². The first-order valence-corrected chi connectivity index (χ1v) is 8.05. The fourth-order valence-electron chi connectivity index (χ4n) is 2.00. The summed E-state index contributed by atoms with van der Waals surface area (Å²) in [5, 5.41) is 14.6. The molecule has 1 heterocycles. The fraction of sp³-hybridized carbons (Fsp3) is 0.429. The Kier molecular flexibility index (Phi) is 5.35. The molecule has 0 aliphatic carbocycles. The average molecular weight is 403 g/mol. The first-order chi connectivity index (χ1) is 9.47. The standard InChI is InChI=1S/C14H17Br2N3O/c1-9(2)7-19-14(17-8-18-19)6-13(20)11-5-10(15)3-4-12(11)16/h3-5,8-9,13,20H,6-7H2,1-2H3. The van der Waals surface area contributed by atoms with E-state index < -0.39 is 6.10 Å². The lowest BCUT2D eigenvalue weighted by Gasteiger charge is -2.14. The van der Waals surface area contributed by atoms with E-state index in [1.54, 1.807) is 6.33 Å². The van der Waals surface area contributed by atoms with Crippen LogP contribution >= 0.6 is 31.9 Å². The Morgan fingerprint density at radius 3 is 2.75 bits per heavy atom. The second kappa shape index (κ2) is 6.83. The lowest BCUT2D eigenvalue weighted by molar-refractivity contribution is 0.172. The maximum atomic E-state index is 10.4. The van der Waals surface area contributed by atoms with Crippen molar-refractivity contribution in [2.24, 2.45) is 5.92 Å². The van der Waals surface area contributed by atoms with Gasteiger partial charge in [0, 0.05) is 21.9 Å². The van der Waals surface area contributed by atoms with Crippen LogP contribution in [0.3, 0.4) is 0 Å². The molecule has 2 rings (SSSR count). The zero-order valence-corrected chi connectivity index (χ0v) is 14.6. The van der Waals surface area contributed by atoms with E-state index in [-0.39, 0.29) is 0 Å². The summed E-state index contributed by atoms with van der Waals surface area (Å²) in [6.07, 6.45) is 1.37. The van der Waals surface area contributed by atoms with Gasteiger partial charge in [0.25, 0.3) is 0 Å². The SMILES string of the molecule is CC(C)Cn1ncnc1CC(O)c1cc(Br)ccc1Br. The Hall–Kier alpha value is -0.720. The third-order valence-corrected chi connectivity index (χ3v) is 4.14. The van der Waals surface area contributed by atoms with E-state index in [4.69, 9.17) is 0 Å². The number of halogens is 2. The molecule has 108 valence electrons. The van der Waals surface area contributed by atoms with Crippen LogP contribution in [-0.2, 0) is 13.0 Å². The van der Waals surface area contributed by atoms with Crippen LogP contribution in [0.4, 0.5) is 0 Å². The quantitative estimate of drug-likeness (QED) is 0.828. The van der Waals surface area contributed by atoms with Crippen molar-refractivity contribution in [1.82, 2.24) is 14.8 Å². The highest BCUT2D eigenvalue weighted by Gasteiger charge is 2.16. The molecule has 1 N–H and O–H groups in total. The number of nitrogens with zero attached hydrogens (tertiary/aromatic N) is 3. The minimum absolute atomic E-state index is 0.446. The minimum atomic E-state index is -0.614. The molecule has 0 radical (unpaired) electrons. The molecule has 1 aromatic heterocycles. The topological polar surface area (TPSA) is 50.9 Å². The lowest BCUT2D eigenvalue weighted by Crippen LogP contribution is -2.13. The molecular weight excluding hydrogens is 386 g/mol. The predicted molar refractivity (Wildman–Crippen MR) is 85.4 cm³/mol. The molecule has 0 aliphatic heterocycles. The summed E-state index contributed by atoms with van der Waals surface area (Å²) in [6.45, 7) is 5.07. The summed E-state index contributed by atoms with van der Waals surface area (Å²) in [6, 6.07) is 5.76. The van der Waals surface area contributed by atoms with Crippen LogP contribution in [0, 0.1) is 5.92 Å². The number of benzene rings is 1. The molecule has 0 aliphatic rings. The van der Waals surface area contributed by atoms with Gasteiger partial charge in [-0.05, 0) is 29.7 Å². The van der Waals surface area contributed by atoms with Crippen molar-refractivity contribution in [1.29, 1.82) is 0 Å². The van der Waals surface area contributed by atoms with Gasteiger partial charge in [0.15, 0.2) is 0 Å². The number of hydrogen-bond donors (Lipinski definition) is 1. The van der Waals surface area contributed by atoms with Gasteiger partial charge >= 0.3 is 0 Å². The normalized spacial score (nSPS) is 12.9. The van der Waals surface area contributed by atoms with Gasteiger partial charge in [-0.15, -0.1) is 0 Å². The van der Waals surface area contributed by atoms with Crippen LogP contribution in [0.1, 0.15) is 31.3 Å². The van der Waals surface area contributed by atoms with E-state index in [0.717, 1.165) is 26.9 Å². The maximum Gasteiger partial charge on any atom is 0.138 e. The summed E-state index contributed by atoms with van der Waals surface area (Å²) in [5.41, 5.74) is 0.846. The van der Waals surface area contributed by atoms with E-state index in [1.165, 1.54) is 0 Å². The molecule has 0 spiro atoms.